The highest BCUT2D eigenvalue weighted by Gasteiger charge is 2.27. The van der Waals surface area contributed by atoms with Crippen LogP contribution in [0, 0.1) is 0 Å². The maximum absolute atomic E-state index is 11.8. The van der Waals surface area contributed by atoms with Gasteiger partial charge in [0.2, 0.25) is 10.0 Å². The van der Waals surface area contributed by atoms with E-state index in [2.05, 4.69) is 30.0 Å². The zero-order valence-electron chi connectivity index (χ0n) is 13.6. The summed E-state index contributed by atoms with van der Waals surface area (Å²) in [5, 5.41) is 16.7. The van der Waals surface area contributed by atoms with Gasteiger partial charge in [-0.15, -0.1) is 15.3 Å². The molecule has 10 nitrogen and oxygen atoms in total. The summed E-state index contributed by atoms with van der Waals surface area (Å²) in [4.78, 5) is 2.10. The van der Waals surface area contributed by atoms with Crippen LogP contribution in [0.4, 0.5) is 5.82 Å². The molecule has 0 bridgehead atoms. The van der Waals surface area contributed by atoms with E-state index in [0.717, 1.165) is 11.5 Å². The second kappa shape index (κ2) is 6.08. The second-order valence-corrected chi connectivity index (χ2v) is 7.97. The molecule has 0 unspecified atom stereocenters. The zero-order chi connectivity index (χ0) is 17.4. The average molecular weight is 362 g/mol. The van der Waals surface area contributed by atoms with Crippen molar-refractivity contribution in [1.82, 2.24) is 34.3 Å². The molecule has 0 amide bonds. The molecule has 4 heterocycles. The van der Waals surface area contributed by atoms with Crippen molar-refractivity contribution < 1.29 is 8.42 Å². The molecule has 25 heavy (non-hydrogen) atoms. The van der Waals surface area contributed by atoms with Crippen molar-refractivity contribution in [3.05, 3.63) is 36.4 Å². The summed E-state index contributed by atoms with van der Waals surface area (Å²) in [5.41, 5.74) is 1.69. The number of nitrogens with one attached hydrogen (secondary N) is 1. The fourth-order valence-corrected chi connectivity index (χ4v) is 3.58. The minimum Gasteiger partial charge on any atom is -0.347 e. The Morgan fingerprint density at radius 3 is 3.04 bits per heavy atom. The van der Waals surface area contributed by atoms with E-state index in [9.17, 15) is 8.42 Å². The third-order valence-corrected chi connectivity index (χ3v) is 5.64. The van der Waals surface area contributed by atoms with Gasteiger partial charge in [0, 0.05) is 19.3 Å². The fourth-order valence-electron chi connectivity index (χ4n) is 2.93. The SMILES string of the molecule is CCS(=O)(=O)NC[C@H]1CN(c2ccc3nncn3n2)Cc2ccnn21. The predicted octanol–water partition coefficient (Wildman–Crippen LogP) is -0.179. The van der Waals surface area contributed by atoms with Crippen molar-refractivity contribution in [3.8, 4) is 0 Å². The van der Waals surface area contributed by atoms with E-state index in [1.807, 2.05) is 22.9 Å². The summed E-state index contributed by atoms with van der Waals surface area (Å²) >= 11 is 0. The van der Waals surface area contributed by atoms with Gasteiger partial charge in [0.25, 0.3) is 0 Å². The molecule has 0 spiro atoms. The highest BCUT2D eigenvalue weighted by atomic mass is 32.2. The van der Waals surface area contributed by atoms with E-state index < -0.39 is 10.0 Å². The third-order valence-electron chi connectivity index (χ3n) is 4.27. The molecule has 132 valence electrons. The molecule has 1 aliphatic rings. The number of aromatic nitrogens is 6. The quantitative estimate of drug-likeness (QED) is 0.670. The van der Waals surface area contributed by atoms with Crippen LogP contribution in [0.2, 0.25) is 0 Å². The maximum Gasteiger partial charge on any atom is 0.211 e. The van der Waals surface area contributed by atoms with Gasteiger partial charge in [0.1, 0.15) is 12.1 Å². The average Bonchev–Trinajstić information content (AvgIpc) is 3.27. The van der Waals surface area contributed by atoms with Crippen molar-refractivity contribution in [2.24, 2.45) is 0 Å². The lowest BCUT2D eigenvalue weighted by Gasteiger charge is -2.34. The molecule has 0 radical (unpaired) electrons. The number of nitrogens with zero attached hydrogens (tertiary/aromatic N) is 7. The molecule has 0 saturated carbocycles. The molecule has 0 aromatic carbocycles. The first-order valence-corrected chi connectivity index (χ1v) is 9.63. The Hall–Kier alpha value is -2.53. The third kappa shape index (κ3) is 3.07. The summed E-state index contributed by atoms with van der Waals surface area (Å²) in [6.45, 7) is 3.16. The molecule has 1 aliphatic heterocycles. The zero-order valence-corrected chi connectivity index (χ0v) is 14.5. The van der Waals surface area contributed by atoms with Crippen molar-refractivity contribution in [2.45, 2.75) is 19.5 Å². The lowest BCUT2D eigenvalue weighted by atomic mass is 10.2. The normalized spacial score (nSPS) is 17.8. The van der Waals surface area contributed by atoms with Crippen LogP contribution in [0.25, 0.3) is 5.65 Å². The van der Waals surface area contributed by atoms with Crippen LogP contribution in [0.5, 0.6) is 0 Å². The smallest absolute Gasteiger partial charge is 0.211 e. The van der Waals surface area contributed by atoms with Gasteiger partial charge in [-0.25, -0.2) is 13.1 Å². The highest BCUT2D eigenvalue weighted by Crippen LogP contribution is 2.24. The number of rotatable bonds is 5. The van der Waals surface area contributed by atoms with Crippen LogP contribution in [-0.2, 0) is 16.6 Å². The summed E-state index contributed by atoms with van der Waals surface area (Å²) in [6.07, 6.45) is 3.29. The van der Waals surface area contributed by atoms with Gasteiger partial charge in [0.05, 0.1) is 24.0 Å². The molecule has 0 fully saturated rings. The summed E-state index contributed by atoms with van der Waals surface area (Å²) in [7, 11) is -3.25. The Morgan fingerprint density at radius 1 is 1.32 bits per heavy atom. The minimum absolute atomic E-state index is 0.0568. The van der Waals surface area contributed by atoms with Gasteiger partial charge in [-0.1, -0.05) is 0 Å². The van der Waals surface area contributed by atoms with Crippen LogP contribution in [0.1, 0.15) is 18.7 Å². The molecule has 4 rings (SSSR count). The Morgan fingerprint density at radius 2 is 2.20 bits per heavy atom. The van der Waals surface area contributed by atoms with Gasteiger partial charge in [-0.3, -0.25) is 4.68 Å². The molecule has 3 aromatic heterocycles. The van der Waals surface area contributed by atoms with Gasteiger partial charge < -0.3 is 4.90 Å². The Balaban J connectivity index is 1.61. The van der Waals surface area contributed by atoms with Gasteiger partial charge in [0.15, 0.2) is 5.65 Å². The van der Waals surface area contributed by atoms with E-state index >= 15 is 0 Å². The van der Waals surface area contributed by atoms with Gasteiger partial charge in [-0.2, -0.15) is 9.61 Å². The molecular formula is C14H18N8O2S. The largest absolute Gasteiger partial charge is 0.347 e. The first-order chi connectivity index (χ1) is 12.1. The summed E-state index contributed by atoms with van der Waals surface area (Å²) in [6, 6.07) is 5.57. The topological polar surface area (TPSA) is 110 Å². The summed E-state index contributed by atoms with van der Waals surface area (Å²) in [5.74, 6) is 0.837. The number of hydrogen-bond donors (Lipinski definition) is 1. The van der Waals surface area contributed by atoms with E-state index in [0.29, 0.717) is 18.7 Å². The van der Waals surface area contributed by atoms with Crippen molar-refractivity contribution in [2.75, 3.05) is 23.7 Å². The maximum atomic E-state index is 11.8. The Labute approximate surface area is 144 Å². The lowest BCUT2D eigenvalue weighted by Crippen LogP contribution is -2.43. The molecular weight excluding hydrogens is 344 g/mol. The number of sulfonamides is 1. The van der Waals surface area contributed by atoms with Crippen LogP contribution in [-0.4, -0.2) is 56.9 Å². The van der Waals surface area contributed by atoms with E-state index in [1.165, 1.54) is 0 Å². The fraction of sp³-hybridized carbons (Fsp3) is 0.429. The van der Waals surface area contributed by atoms with Crippen LogP contribution in [0.15, 0.2) is 30.7 Å². The predicted molar refractivity (Wildman–Crippen MR) is 90.6 cm³/mol. The Bertz CT molecular complexity index is 995. The monoisotopic (exact) mass is 362 g/mol. The van der Waals surface area contributed by atoms with Crippen LogP contribution >= 0.6 is 0 Å². The van der Waals surface area contributed by atoms with Gasteiger partial charge >= 0.3 is 0 Å². The van der Waals surface area contributed by atoms with E-state index in [-0.39, 0.29) is 18.3 Å². The van der Waals surface area contributed by atoms with Crippen LogP contribution < -0.4 is 9.62 Å². The number of hydrogen-bond acceptors (Lipinski definition) is 7. The molecule has 11 heteroatoms. The van der Waals surface area contributed by atoms with E-state index in [1.54, 1.807) is 24.0 Å². The van der Waals surface area contributed by atoms with Gasteiger partial charge in [-0.05, 0) is 25.1 Å². The summed E-state index contributed by atoms with van der Waals surface area (Å²) < 4.78 is 29.7. The van der Waals surface area contributed by atoms with Crippen LogP contribution in [0.3, 0.4) is 0 Å². The lowest BCUT2D eigenvalue weighted by molar-refractivity contribution is 0.393. The highest BCUT2D eigenvalue weighted by molar-refractivity contribution is 7.89. The number of fused-ring (bicyclic) bond motifs is 2. The second-order valence-electron chi connectivity index (χ2n) is 5.88. The minimum atomic E-state index is -3.25. The van der Waals surface area contributed by atoms with E-state index in [4.69, 9.17) is 0 Å². The Kier molecular flexibility index (Phi) is 3.88. The molecule has 1 atom stereocenters. The first-order valence-electron chi connectivity index (χ1n) is 7.97. The molecule has 3 aromatic rings. The molecule has 0 aliphatic carbocycles. The first kappa shape index (κ1) is 16.0. The number of anilines is 1. The van der Waals surface area contributed by atoms with Crippen molar-refractivity contribution >= 4 is 21.5 Å². The standard InChI is InChI=1S/C14H18N8O2S/c1-2-25(23,24)17-7-12-9-20(8-11-5-6-16-22(11)12)14-4-3-13-18-15-10-21(13)19-14/h3-6,10,12,17H,2,7-9H2,1H3/t12-/m0/s1. The van der Waals surface area contributed by atoms with Crippen molar-refractivity contribution in [3.63, 3.8) is 0 Å². The van der Waals surface area contributed by atoms with Crippen molar-refractivity contribution in [1.29, 1.82) is 0 Å². The molecule has 0 saturated heterocycles. The molecule has 1 N–H and O–H groups in total.